The summed E-state index contributed by atoms with van der Waals surface area (Å²) in [4.78, 5) is 178. The Labute approximate surface area is 621 Å². The van der Waals surface area contributed by atoms with Crippen molar-refractivity contribution in [3.05, 3.63) is 58.5 Å². The number of esters is 12. The fourth-order valence-electron chi connectivity index (χ4n) is 11.9. The van der Waals surface area contributed by atoms with Gasteiger partial charge in [0, 0.05) is 74.1 Å². The minimum absolute atomic E-state index is 0.138. The Balaban J connectivity index is 2.02. The number of methoxy groups -OCH3 is 1. The van der Waals surface area contributed by atoms with Crippen LogP contribution in [0, 0.1) is 5.41 Å². The normalized spacial score (nSPS) is 25.2. The van der Waals surface area contributed by atoms with E-state index < -0.39 is 226 Å². The number of ether oxygens (including phenoxy) is 18. The minimum Gasteiger partial charge on any atom is -0.465 e. The summed E-state index contributed by atoms with van der Waals surface area (Å²) >= 11 is 0. The van der Waals surface area contributed by atoms with Gasteiger partial charge in [-0.15, -0.1) is 0 Å². The van der Waals surface area contributed by atoms with Gasteiger partial charge in [0.25, 0.3) is 5.79 Å². The zero-order valence-electron chi connectivity index (χ0n) is 63.4. The van der Waals surface area contributed by atoms with E-state index >= 15 is 4.79 Å². The molecule has 35 nitrogen and oxygen atoms in total. The van der Waals surface area contributed by atoms with E-state index in [1.807, 2.05) is 0 Å². The monoisotopic (exact) mass is 1520 g/mol. The molecule has 0 aliphatic carbocycles. The lowest BCUT2D eigenvalue weighted by molar-refractivity contribution is -0.387. The highest BCUT2D eigenvalue weighted by atomic mass is 16.8. The number of azide groups is 1. The summed E-state index contributed by atoms with van der Waals surface area (Å²) in [6.07, 6.45) is -15.6. The number of benzene rings is 1. The van der Waals surface area contributed by atoms with Crippen molar-refractivity contribution in [3.8, 4) is 0 Å². The Hall–Kier alpha value is -8.86. The fraction of sp³-hybridized carbons (Fsp3) is 0.708. The maximum Gasteiger partial charge on any atom is 0.366 e. The fourth-order valence-corrected chi connectivity index (χ4v) is 11.9. The molecule has 3 fully saturated rings. The first-order chi connectivity index (χ1) is 50.5. The molecule has 4 rings (SSSR count). The van der Waals surface area contributed by atoms with E-state index in [-0.39, 0.29) is 5.56 Å². The van der Waals surface area contributed by atoms with Gasteiger partial charge in [-0.25, -0.2) is 9.59 Å². The van der Waals surface area contributed by atoms with Gasteiger partial charge in [0.1, 0.15) is 68.6 Å². The molecular formula is C72H104N4O31. The molecule has 3 heterocycles. The van der Waals surface area contributed by atoms with Crippen LogP contribution < -0.4 is 5.32 Å². The zero-order chi connectivity index (χ0) is 79.7. The molecule has 1 N–H and O–H groups in total. The lowest BCUT2D eigenvalue weighted by atomic mass is 9.87. The highest BCUT2D eigenvalue weighted by Crippen LogP contribution is 2.43. The van der Waals surface area contributed by atoms with Gasteiger partial charge in [-0.05, 0) is 57.4 Å². The third-order valence-electron chi connectivity index (χ3n) is 16.5. The summed E-state index contributed by atoms with van der Waals surface area (Å²) in [6.45, 7) is 12.5. The van der Waals surface area contributed by atoms with Crippen LogP contribution in [0.5, 0.6) is 0 Å². The van der Waals surface area contributed by atoms with Crippen LogP contribution in [0.25, 0.3) is 10.4 Å². The highest BCUT2D eigenvalue weighted by molar-refractivity contribution is 5.89. The van der Waals surface area contributed by atoms with Crippen LogP contribution in [0.3, 0.4) is 0 Å². The number of hydrogen-bond donors (Lipinski definition) is 1. The lowest BCUT2D eigenvalue weighted by Crippen LogP contribution is -2.72. The van der Waals surface area contributed by atoms with Gasteiger partial charge >= 0.3 is 71.6 Å². The van der Waals surface area contributed by atoms with Crippen LogP contribution in [-0.4, -0.2) is 221 Å². The molecule has 0 radical (unpaired) electrons. The van der Waals surface area contributed by atoms with Crippen LogP contribution in [0.15, 0.2) is 47.6 Å². The van der Waals surface area contributed by atoms with Crippen molar-refractivity contribution in [2.75, 3.05) is 33.5 Å². The first kappa shape index (κ1) is 90.5. The van der Waals surface area contributed by atoms with Gasteiger partial charge < -0.3 is 90.6 Å². The van der Waals surface area contributed by atoms with Crippen molar-refractivity contribution < 1.29 is 148 Å². The molecule has 107 heavy (non-hydrogen) atoms. The van der Waals surface area contributed by atoms with E-state index in [0.29, 0.717) is 6.42 Å². The molecule has 3 aliphatic rings. The first-order valence-electron chi connectivity index (χ1n) is 35.4. The third kappa shape index (κ3) is 30.4. The van der Waals surface area contributed by atoms with Crippen molar-refractivity contribution in [2.45, 2.75) is 290 Å². The summed E-state index contributed by atoms with van der Waals surface area (Å²) in [6, 6.07) is 4.70. The van der Waals surface area contributed by atoms with Crippen molar-refractivity contribution >= 4 is 77.5 Å². The van der Waals surface area contributed by atoms with Gasteiger partial charge in [0.2, 0.25) is 5.91 Å². The molecule has 0 bridgehead atoms. The predicted octanol–water partition coefficient (Wildman–Crippen LogP) is 6.79. The number of rotatable bonds is 41. The number of hydrogen-bond acceptors (Lipinski definition) is 32. The third-order valence-corrected chi connectivity index (χ3v) is 16.5. The first-order valence-corrected chi connectivity index (χ1v) is 35.4. The molecule has 18 atom stereocenters. The minimum atomic E-state index is -3.23. The van der Waals surface area contributed by atoms with E-state index in [4.69, 9.17) is 85.3 Å². The molecule has 1 amide bonds. The second-order valence-corrected chi connectivity index (χ2v) is 26.7. The van der Waals surface area contributed by atoms with Gasteiger partial charge in [-0.2, -0.15) is 0 Å². The second kappa shape index (κ2) is 45.1. The molecule has 598 valence electrons. The quantitative estimate of drug-likeness (QED) is 0.0134. The van der Waals surface area contributed by atoms with Crippen LogP contribution in [0.1, 0.15) is 191 Å². The molecule has 0 saturated carbocycles. The van der Waals surface area contributed by atoms with Crippen molar-refractivity contribution in [2.24, 2.45) is 10.5 Å². The number of nitrogens with one attached hydrogen (secondary N) is 1. The van der Waals surface area contributed by atoms with E-state index in [1.165, 1.54) is 71.1 Å². The summed E-state index contributed by atoms with van der Waals surface area (Å²) in [5.41, 5.74) is 8.87. The standard InChI is InChI=1S/C72H104N4O31/c1-16-17-18-19-20-21-22-23-24-25-26-27-31-34-52(101-66(87)50-32-29-28-30-33-50)51(75-76-73)36-94-67-64(105-69(88)71(12,13)14)62(99-48(10)85)59(55(102-67)38-92-42(4)79)104-68-65(100-49(11)86)63(60(98-47(9)84)56(103-68)39-93-43(5)80)107-72(70(89)90-15)35-53(95-44(6)81)57(74-40(2)77)61(106-72)58(97-46(8)83)54(96-45(7)82)37-91-41(3)78/h28-34,51-65,67-68H,16-27,35-39H2,1-15H3,(H,74,77)/b34-31+/t51-,52+,53-,54+,55+,56+,57+,58+,59+,60-,61+,62-,63-,64+,65+,67+,68-,72-/m0/s1. The zero-order valence-corrected chi connectivity index (χ0v) is 63.4. The molecule has 1 aromatic rings. The molecule has 3 saturated heterocycles. The lowest BCUT2D eigenvalue weighted by Gasteiger charge is -2.52. The maximum absolute atomic E-state index is 15.1. The van der Waals surface area contributed by atoms with E-state index in [1.54, 1.807) is 24.3 Å². The average molecular weight is 1520 g/mol. The smallest absolute Gasteiger partial charge is 0.366 e. The molecule has 0 aromatic heterocycles. The number of unbranched alkanes of at least 4 members (excludes halogenated alkanes) is 11. The highest BCUT2D eigenvalue weighted by Gasteiger charge is 2.65. The predicted molar refractivity (Wildman–Crippen MR) is 366 cm³/mol. The second-order valence-electron chi connectivity index (χ2n) is 26.7. The molecule has 3 aliphatic heterocycles. The molecule has 1 aromatic carbocycles. The number of nitrogens with zero attached hydrogens (tertiary/aromatic N) is 3. The summed E-state index contributed by atoms with van der Waals surface area (Å²) in [5, 5.41) is 6.49. The van der Waals surface area contributed by atoms with Gasteiger partial charge in [0.05, 0.1) is 37.2 Å². The number of carbonyl (C=O) groups is 13. The van der Waals surface area contributed by atoms with Gasteiger partial charge in [-0.1, -0.05) is 101 Å². The number of amides is 1. The number of allylic oxidation sites excluding steroid dienone is 1. The molecule has 0 spiro atoms. The van der Waals surface area contributed by atoms with Gasteiger partial charge in [0.15, 0.2) is 49.2 Å². The van der Waals surface area contributed by atoms with E-state index in [0.717, 1.165) is 115 Å². The van der Waals surface area contributed by atoms with Crippen LogP contribution >= 0.6 is 0 Å². The Morgan fingerprint density at radius 3 is 1.64 bits per heavy atom. The van der Waals surface area contributed by atoms with E-state index in [2.05, 4.69) is 22.3 Å². The van der Waals surface area contributed by atoms with Crippen LogP contribution in [0.4, 0.5) is 0 Å². The largest absolute Gasteiger partial charge is 0.465 e. The summed E-state index contributed by atoms with van der Waals surface area (Å²) in [5.74, 6) is -17.2. The summed E-state index contributed by atoms with van der Waals surface area (Å²) < 4.78 is 108. The SMILES string of the molecule is CCCCCCCCCCCCC/C=C/[C@@H](OC(=O)c1ccccc1)[C@H](CO[C@@H]1O[C@H](COC(C)=O)[C@@H](O[C@@H]2O[C@H](COC(C)=O)[C@H](OC(C)=O)[C@H](O[C@]3(C(=O)OC)C[C@H](OC(C)=O)[C@@H](NC(C)=O)[C@H]([C@H](OC(C)=O)[C@@H](COC(C)=O)OC(C)=O)O3)[C@H]2OC(C)=O)[C@H](OC(C)=O)[C@H]1OC(=O)C(C)(C)C)N=[N+]=[N-]. The Morgan fingerprint density at radius 2 is 1.12 bits per heavy atom. The topological polar surface area (TPSA) is 449 Å². The maximum atomic E-state index is 15.1. The Morgan fingerprint density at radius 1 is 0.598 bits per heavy atom. The number of carbonyl (C=O) groups excluding carboxylic acids is 13. The Kier molecular flexibility index (Phi) is 38.1. The Bertz CT molecular complexity index is 3230. The van der Waals surface area contributed by atoms with E-state index in [9.17, 15) is 63.1 Å². The molecule has 35 heteroatoms. The average Bonchev–Trinajstić information content (AvgIpc) is 0.741. The van der Waals surface area contributed by atoms with Crippen LogP contribution in [0.2, 0.25) is 0 Å². The molecule has 0 unspecified atom stereocenters. The van der Waals surface area contributed by atoms with Crippen molar-refractivity contribution in [1.29, 1.82) is 0 Å². The van der Waals surface area contributed by atoms with Crippen molar-refractivity contribution in [1.82, 2.24) is 5.32 Å². The molecular weight excluding hydrogens is 1420 g/mol. The summed E-state index contributed by atoms with van der Waals surface area (Å²) in [7, 11) is 0.820. The van der Waals surface area contributed by atoms with Gasteiger partial charge in [-0.3, -0.25) is 52.7 Å². The van der Waals surface area contributed by atoms with Crippen molar-refractivity contribution in [3.63, 3.8) is 0 Å². The van der Waals surface area contributed by atoms with Crippen LogP contribution in [-0.2, 0) is 143 Å².